The molecule has 0 bridgehead atoms. The molecule has 5 rings (SSSR count). The minimum Gasteiger partial charge on any atom is -0.492 e. The molecule has 210 valence electrons. The lowest BCUT2D eigenvalue weighted by Gasteiger charge is -2.37. The van der Waals surface area contributed by atoms with Crippen LogP contribution in [-0.4, -0.2) is 48.6 Å². The number of anilines is 1. The van der Waals surface area contributed by atoms with Crippen molar-refractivity contribution < 1.29 is 22.7 Å². The smallest absolute Gasteiger partial charge is 0.416 e. The van der Waals surface area contributed by atoms with Gasteiger partial charge in [-0.2, -0.15) is 13.2 Å². The molecule has 0 radical (unpaired) electrons. The van der Waals surface area contributed by atoms with E-state index in [1.807, 2.05) is 60.5 Å². The molecule has 1 atom stereocenters. The summed E-state index contributed by atoms with van der Waals surface area (Å²) in [6.07, 6.45) is -1.71. The second-order valence-corrected chi connectivity index (χ2v) is 10.1. The van der Waals surface area contributed by atoms with Crippen LogP contribution >= 0.6 is 0 Å². The molecule has 1 saturated heterocycles. The SMILES string of the molecule is CCOc1ccccc1N1CCN(C(=O)CC(c2cccc(C(F)(F)F)c2)c2c[nH]c3c(CC)cccc23)CC1. The number of aromatic amines is 1. The zero-order chi connectivity index (χ0) is 28.3. The van der Waals surface area contributed by atoms with Gasteiger partial charge in [-0.25, -0.2) is 0 Å². The molecular formula is C32H34F3N3O2. The largest absolute Gasteiger partial charge is 0.492 e. The van der Waals surface area contributed by atoms with Gasteiger partial charge in [-0.05, 0) is 48.2 Å². The summed E-state index contributed by atoms with van der Waals surface area (Å²) in [5.41, 5.74) is 3.70. The van der Waals surface area contributed by atoms with Crippen LogP contribution in [-0.2, 0) is 17.4 Å². The molecule has 1 fully saturated rings. The minimum atomic E-state index is -4.46. The van der Waals surface area contributed by atoms with E-state index in [4.69, 9.17) is 4.74 Å². The Bertz CT molecular complexity index is 1470. The maximum Gasteiger partial charge on any atom is 0.416 e. The molecule has 0 spiro atoms. The highest BCUT2D eigenvalue weighted by molar-refractivity contribution is 5.88. The maximum absolute atomic E-state index is 13.7. The number of rotatable bonds is 8. The number of amides is 1. The molecule has 5 nitrogen and oxygen atoms in total. The van der Waals surface area contributed by atoms with Crippen LogP contribution in [0.3, 0.4) is 0 Å². The van der Waals surface area contributed by atoms with Gasteiger partial charge in [0.2, 0.25) is 5.91 Å². The van der Waals surface area contributed by atoms with Gasteiger partial charge in [-0.3, -0.25) is 4.79 Å². The molecule has 1 aromatic heterocycles. The van der Waals surface area contributed by atoms with Crippen molar-refractivity contribution in [3.63, 3.8) is 0 Å². The number of aryl methyl sites for hydroxylation is 1. The number of alkyl halides is 3. The first-order chi connectivity index (χ1) is 19.3. The van der Waals surface area contributed by atoms with E-state index in [9.17, 15) is 18.0 Å². The Kier molecular flexibility index (Phi) is 8.05. The Hall–Kier alpha value is -3.94. The predicted molar refractivity (Wildman–Crippen MR) is 152 cm³/mol. The van der Waals surface area contributed by atoms with Crippen LogP contribution in [0.4, 0.5) is 18.9 Å². The molecule has 1 unspecified atom stereocenters. The van der Waals surface area contributed by atoms with E-state index < -0.39 is 17.7 Å². The van der Waals surface area contributed by atoms with Crippen molar-refractivity contribution in [2.24, 2.45) is 0 Å². The van der Waals surface area contributed by atoms with E-state index in [1.54, 1.807) is 6.07 Å². The van der Waals surface area contributed by atoms with Crippen molar-refractivity contribution in [3.8, 4) is 5.75 Å². The number of hydrogen-bond acceptors (Lipinski definition) is 3. The van der Waals surface area contributed by atoms with E-state index in [0.29, 0.717) is 38.3 Å². The number of piperazine rings is 1. The zero-order valence-electron chi connectivity index (χ0n) is 22.8. The number of aromatic nitrogens is 1. The first-order valence-electron chi connectivity index (χ1n) is 13.8. The summed E-state index contributed by atoms with van der Waals surface area (Å²) in [7, 11) is 0. The quantitative estimate of drug-likeness (QED) is 0.257. The van der Waals surface area contributed by atoms with Crippen molar-refractivity contribution >= 4 is 22.5 Å². The number of nitrogens with zero attached hydrogens (tertiary/aromatic N) is 2. The maximum atomic E-state index is 13.7. The van der Waals surface area contributed by atoms with Crippen molar-refractivity contribution in [1.82, 2.24) is 9.88 Å². The number of hydrogen-bond donors (Lipinski definition) is 1. The molecule has 1 aliphatic heterocycles. The lowest BCUT2D eigenvalue weighted by atomic mass is 9.86. The highest BCUT2D eigenvalue weighted by Gasteiger charge is 2.33. The topological polar surface area (TPSA) is 48.6 Å². The standard InChI is InChI=1S/C32H34F3N3O2/c1-3-22-9-8-12-25-27(21-36-31(22)25)26(23-10-7-11-24(19-23)32(33,34)35)20-30(39)38-17-15-37(16-18-38)28-13-5-6-14-29(28)40-4-2/h5-14,19,21,26,36H,3-4,15-18,20H2,1-2H3. The lowest BCUT2D eigenvalue weighted by Crippen LogP contribution is -2.49. The summed E-state index contributed by atoms with van der Waals surface area (Å²) >= 11 is 0. The van der Waals surface area contributed by atoms with Gasteiger partial charge in [-0.15, -0.1) is 0 Å². The average Bonchev–Trinajstić information content (AvgIpc) is 3.40. The Labute approximate surface area is 232 Å². The molecule has 1 aliphatic rings. The minimum absolute atomic E-state index is 0.0684. The van der Waals surface area contributed by atoms with Crippen molar-refractivity contribution in [3.05, 3.63) is 95.2 Å². The lowest BCUT2D eigenvalue weighted by molar-refractivity contribution is -0.137. The van der Waals surface area contributed by atoms with Gasteiger partial charge in [0.15, 0.2) is 0 Å². The van der Waals surface area contributed by atoms with Gasteiger partial charge in [-0.1, -0.05) is 55.5 Å². The molecule has 0 aliphatic carbocycles. The fraction of sp³-hybridized carbons (Fsp3) is 0.344. The highest BCUT2D eigenvalue weighted by Crippen LogP contribution is 2.38. The second kappa shape index (κ2) is 11.7. The molecule has 4 aromatic rings. The Morgan fingerprint density at radius 1 is 0.975 bits per heavy atom. The highest BCUT2D eigenvalue weighted by atomic mass is 19.4. The van der Waals surface area contributed by atoms with E-state index in [-0.39, 0.29) is 12.3 Å². The summed E-state index contributed by atoms with van der Waals surface area (Å²) < 4.78 is 46.7. The number of carbonyl (C=O) groups is 1. The van der Waals surface area contributed by atoms with Crippen LogP contribution < -0.4 is 9.64 Å². The number of ether oxygens (including phenoxy) is 1. The third-order valence-corrected chi connectivity index (χ3v) is 7.72. The Balaban J connectivity index is 1.41. The summed E-state index contributed by atoms with van der Waals surface area (Å²) in [5.74, 6) is 0.230. The number of nitrogens with one attached hydrogen (secondary N) is 1. The average molecular weight is 550 g/mol. The second-order valence-electron chi connectivity index (χ2n) is 10.1. The fourth-order valence-corrected chi connectivity index (χ4v) is 5.66. The number of fused-ring (bicyclic) bond motifs is 1. The van der Waals surface area contributed by atoms with E-state index >= 15 is 0 Å². The van der Waals surface area contributed by atoms with E-state index in [0.717, 1.165) is 46.0 Å². The number of H-pyrrole nitrogens is 1. The van der Waals surface area contributed by atoms with E-state index in [1.165, 1.54) is 12.1 Å². The van der Waals surface area contributed by atoms with Gasteiger partial charge >= 0.3 is 6.18 Å². The van der Waals surface area contributed by atoms with Gasteiger partial charge < -0.3 is 19.5 Å². The molecule has 0 saturated carbocycles. The molecular weight excluding hydrogens is 515 g/mol. The third kappa shape index (κ3) is 5.67. The Morgan fingerprint density at radius 2 is 1.73 bits per heavy atom. The van der Waals surface area contributed by atoms with Gasteiger partial charge in [0, 0.05) is 55.6 Å². The van der Waals surface area contributed by atoms with Crippen LogP contribution in [0, 0.1) is 0 Å². The fourth-order valence-electron chi connectivity index (χ4n) is 5.66. The number of para-hydroxylation sites is 3. The third-order valence-electron chi connectivity index (χ3n) is 7.72. The first kappa shape index (κ1) is 27.6. The van der Waals surface area contributed by atoms with E-state index in [2.05, 4.69) is 16.8 Å². The van der Waals surface area contributed by atoms with Gasteiger partial charge in [0.25, 0.3) is 0 Å². The molecule has 1 amide bonds. The number of halogens is 3. The molecule has 2 heterocycles. The van der Waals surface area contributed by atoms with Crippen molar-refractivity contribution in [1.29, 1.82) is 0 Å². The molecule has 1 N–H and O–H groups in total. The van der Waals surface area contributed by atoms with Crippen LogP contribution in [0.2, 0.25) is 0 Å². The summed E-state index contributed by atoms with van der Waals surface area (Å²) in [6.45, 7) is 6.94. The molecule has 40 heavy (non-hydrogen) atoms. The van der Waals surface area contributed by atoms with Crippen LogP contribution in [0.15, 0.2) is 72.9 Å². The molecule has 3 aromatic carbocycles. The summed E-state index contributed by atoms with van der Waals surface area (Å²) in [4.78, 5) is 21.0. The van der Waals surface area contributed by atoms with Gasteiger partial charge in [0.1, 0.15) is 5.75 Å². The monoisotopic (exact) mass is 549 g/mol. The first-order valence-corrected chi connectivity index (χ1v) is 13.8. The molecule has 8 heteroatoms. The van der Waals surface area contributed by atoms with Crippen molar-refractivity contribution in [2.75, 3.05) is 37.7 Å². The number of carbonyl (C=O) groups excluding carboxylic acids is 1. The predicted octanol–water partition coefficient (Wildman–Crippen LogP) is 7.02. The normalized spacial score (nSPS) is 14.9. The Morgan fingerprint density at radius 3 is 2.45 bits per heavy atom. The van der Waals surface area contributed by atoms with Crippen molar-refractivity contribution in [2.45, 2.75) is 38.8 Å². The summed E-state index contributed by atoms with van der Waals surface area (Å²) in [6, 6.07) is 19.2. The van der Waals surface area contributed by atoms with Crippen LogP contribution in [0.5, 0.6) is 5.75 Å². The summed E-state index contributed by atoms with van der Waals surface area (Å²) in [5, 5.41) is 0.937. The zero-order valence-corrected chi connectivity index (χ0v) is 22.8. The number of benzene rings is 3. The van der Waals surface area contributed by atoms with Crippen LogP contribution in [0.25, 0.3) is 10.9 Å². The van der Waals surface area contributed by atoms with Gasteiger partial charge in [0.05, 0.1) is 17.9 Å². The van der Waals surface area contributed by atoms with Crippen LogP contribution in [0.1, 0.15) is 48.4 Å².